The molecule has 2 rings (SSSR count). The van der Waals surface area contributed by atoms with E-state index in [9.17, 15) is 9.18 Å². The summed E-state index contributed by atoms with van der Waals surface area (Å²) < 4.78 is 13.8. The van der Waals surface area contributed by atoms with E-state index in [1.807, 2.05) is 19.9 Å². The Bertz CT molecular complexity index is 570. The van der Waals surface area contributed by atoms with Crippen LogP contribution in [0.1, 0.15) is 32.4 Å². The van der Waals surface area contributed by atoms with Crippen molar-refractivity contribution in [2.75, 3.05) is 38.1 Å². The predicted octanol–water partition coefficient (Wildman–Crippen LogP) is 1.74. The average Bonchev–Trinajstić information content (AvgIpc) is 2.54. The Labute approximate surface area is 144 Å². The third kappa shape index (κ3) is 4.45. The number of hydrogen-bond donors (Lipinski definition) is 2. The molecule has 0 spiro atoms. The lowest BCUT2D eigenvalue weighted by Gasteiger charge is -2.36. The molecule has 3 unspecified atom stereocenters. The summed E-state index contributed by atoms with van der Waals surface area (Å²) in [5.41, 5.74) is 7.60. The predicted molar refractivity (Wildman–Crippen MR) is 95.5 cm³/mol. The number of benzene rings is 1. The molecule has 1 aliphatic heterocycles. The van der Waals surface area contributed by atoms with Crippen LogP contribution in [0.3, 0.4) is 0 Å². The molecule has 5 nitrogen and oxygen atoms in total. The first-order valence-electron chi connectivity index (χ1n) is 8.58. The van der Waals surface area contributed by atoms with Gasteiger partial charge in [-0.25, -0.2) is 4.39 Å². The van der Waals surface area contributed by atoms with Crippen molar-refractivity contribution < 1.29 is 9.18 Å². The van der Waals surface area contributed by atoms with Gasteiger partial charge < -0.3 is 20.9 Å². The monoisotopic (exact) mass is 336 g/mol. The van der Waals surface area contributed by atoms with Crippen LogP contribution in [-0.2, 0) is 4.79 Å². The molecule has 1 amide bonds. The number of anilines is 1. The molecule has 3 N–H and O–H groups in total. The zero-order valence-electron chi connectivity index (χ0n) is 15.1. The van der Waals surface area contributed by atoms with Crippen molar-refractivity contribution in [2.45, 2.75) is 32.9 Å². The van der Waals surface area contributed by atoms with E-state index in [2.05, 4.69) is 22.2 Å². The summed E-state index contributed by atoms with van der Waals surface area (Å²) in [4.78, 5) is 16.8. The van der Waals surface area contributed by atoms with Crippen LogP contribution in [0.25, 0.3) is 0 Å². The zero-order valence-corrected chi connectivity index (χ0v) is 15.1. The van der Waals surface area contributed by atoms with Gasteiger partial charge in [0.15, 0.2) is 0 Å². The average molecular weight is 336 g/mol. The number of piperazine rings is 1. The van der Waals surface area contributed by atoms with Crippen molar-refractivity contribution in [2.24, 2.45) is 11.7 Å². The van der Waals surface area contributed by atoms with Crippen LogP contribution in [0.4, 0.5) is 10.1 Å². The van der Waals surface area contributed by atoms with Gasteiger partial charge in [0.05, 0.1) is 6.04 Å². The lowest BCUT2D eigenvalue weighted by atomic mass is 10.0. The molecule has 0 radical (unpaired) electrons. The van der Waals surface area contributed by atoms with E-state index in [0.717, 1.165) is 37.4 Å². The van der Waals surface area contributed by atoms with Gasteiger partial charge in [-0.15, -0.1) is 0 Å². The highest BCUT2D eigenvalue weighted by Gasteiger charge is 2.23. The number of halogens is 1. The van der Waals surface area contributed by atoms with Crippen molar-refractivity contribution in [1.82, 2.24) is 10.2 Å². The molecular weight excluding hydrogens is 307 g/mol. The normalized spacial score (nSPS) is 19.7. The first-order valence-corrected chi connectivity index (χ1v) is 8.58. The summed E-state index contributed by atoms with van der Waals surface area (Å²) >= 11 is 0. The standard InChI is InChI=1S/C18H29FN4O/c1-12(13(2)20)18(24)21-14(3)16-11-15(19)5-6-17(16)23-9-7-22(4)8-10-23/h5-6,11-14H,7-10,20H2,1-4H3,(H,21,24). The maximum Gasteiger partial charge on any atom is 0.224 e. The number of carbonyl (C=O) groups is 1. The van der Waals surface area contributed by atoms with E-state index >= 15 is 0 Å². The number of rotatable bonds is 5. The lowest BCUT2D eigenvalue weighted by molar-refractivity contribution is -0.125. The second kappa shape index (κ2) is 7.94. The second-order valence-corrected chi connectivity index (χ2v) is 6.87. The van der Waals surface area contributed by atoms with Crippen LogP contribution in [0.2, 0.25) is 0 Å². The molecule has 1 aliphatic rings. The van der Waals surface area contributed by atoms with Crippen LogP contribution in [0, 0.1) is 11.7 Å². The Morgan fingerprint density at radius 1 is 1.21 bits per heavy atom. The zero-order chi connectivity index (χ0) is 17.9. The quantitative estimate of drug-likeness (QED) is 0.860. The third-order valence-electron chi connectivity index (χ3n) is 4.86. The summed E-state index contributed by atoms with van der Waals surface area (Å²) in [7, 11) is 2.10. The van der Waals surface area contributed by atoms with Gasteiger partial charge in [-0.05, 0) is 39.1 Å². The Hall–Kier alpha value is -1.66. The van der Waals surface area contributed by atoms with E-state index < -0.39 is 0 Å². The van der Waals surface area contributed by atoms with Crippen LogP contribution < -0.4 is 16.0 Å². The molecule has 0 aliphatic carbocycles. The summed E-state index contributed by atoms with van der Waals surface area (Å²) in [6.45, 7) is 9.24. The molecule has 1 saturated heterocycles. The van der Waals surface area contributed by atoms with E-state index in [1.165, 1.54) is 12.1 Å². The topological polar surface area (TPSA) is 61.6 Å². The van der Waals surface area contributed by atoms with Gasteiger partial charge in [-0.2, -0.15) is 0 Å². The molecule has 0 bridgehead atoms. The summed E-state index contributed by atoms with van der Waals surface area (Å²) in [5.74, 6) is -0.677. The number of nitrogens with one attached hydrogen (secondary N) is 1. The van der Waals surface area contributed by atoms with Crippen LogP contribution in [0.15, 0.2) is 18.2 Å². The largest absolute Gasteiger partial charge is 0.369 e. The molecule has 1 aromatic carbocycles. The lowest BCUT2D eigenvalue weighted by Crippen LogP contribution is -2.45. The number of carbonyl (C=O) groups excluding carboxylic acids is 1. The second-order valence-electron chi connectivity index (χ2n) is 6.87. The Kier molecular flexibility index (Phi) is 6.18. The molecule has 1 aromatic rings. The van der Waals surface area contributed by atoms with E-state index in [0.29, 0.717) is 0 Å². The molecule has 1 fully saturated rings. The van der Waals surface area contributed by atoms with Gasteiger partial charge in [0, 0.05) is 49.4 Å². The third-order valence-corrected chi connectivity index (χ3v) is 4.86. The van der Waals surface area contributed by atoms with Gasteiger partial charge in [0.25, 0.3) is 0 Å². The van der Waals surface area contributed by atoms with Crippen molar-refractivity contribution >= 4 is 11.6 Å². The molecule has 0 saturated carbocycles. The molecule has 1 heterocycles. The number of nitrogens with zero attached hydrogens (tertiary/aromatic N) is 2. The summed E-state index contributed by atoms with van der Waals surface area (Å²) in [6.07, 6.45) is 0. The minimum absolute atomic E-state index is 0.105. The fraction of sp³-hybridized carbons (Fsp3) is 0.611. The number of hydrogen-bond acceptors (Lipinski definition) is 4. The van der Waals surface area contributed by atoms with Crippen molar-refractivity contribution in [3.8, 4) is 0 Å². The van der Waals surface area contributed by atoms with E-state index in [-0.39, 0.29) is 29.7 Å². The molecule has 24 heavy (non-hydrogen) atoms. The Morgan fingerprint density at radius 3 is 2.42 bits per heavy atom. The number of likely N-dealkylation sites (N-methyl/N-ethyl adjacent to an activating group) is 1. The molecule has 6 heteroatoms. The first-order chi connectivity index (χ1) is 11.3. The smallest absolute Gasteiger partial charge is 0.224 e. The van der Waals surface area contributed by atoms with Crippen LogP contribution in [-0.4, -0.2) is 50.1 Å². The number of nitrogens with two attached hydrogens (primary N) is 1. The van der Waals surface area contributed by atoms with Crippen molar-refractivity contribution in [1.29, 1.82) is 0 Å². The first kappa shape index (κ1) is 18.7. The van der Waals surface area contributed by atoms with Crippen molar-refractivity contribution in [3.63, 3.8) is 0 Å². The Balaban J connectivity index is 2.19. The minimum atomic E-state index is -0.288. The SMILES string of the molecule is CC(NC(=O)C(C)C(C)N)c1cc(F)ccc1N1CCN(C)CC1. The van der Waals surface area contributed by atoms with Crippen LogP contribution in [0.5, 0.6) is 0 Å². The fourth-order valence-corrected chi connectivity index (χ4v) is 2.87. The highest BCUT2D eigenvalue weighted by Crippen LogP contribution is 2.28. The number of amides is 1. The van der Waals surface area contributed by atoms with E-state index in [1.54, 1.807) is 6.92 Å². The Morgan fingerprint density at radius 2 is 1.83 bits per heavy atom. The summed E-state index contributed by atoms with van der Waals surface area (Å²) in [6, 6.07) is 4.32. The van der Waals surface area contributed by atoms with Crippen LogP contribution >= 0.6 is 0 Å². The maximum absolute atomic E-state index is 13.8. The fourth-order valence-electron chi connectivity index (χ4n) is 2.87. The highest BCUT2D eigenvalue weighted by molar-refractivity contribution is 5.79. The van der Waals surface area contributed by atoms with E-state index in [4.69, 9.17) is 5.73 Å². The molecule has 134 valence electrons. The minimum Gasteiger partial charge on any atom is -0.369 e. The van der Waals surface area contributed by atoms with Crippen molar-refractivity contribution in [3.05, 3.63) is 29.6 Å². The molecular formula is C18H29FN4O. The molecule has 3 atom stereocenters. The summed E-state index contributed by atoms with van der Waals surface area (Å²) in [5, 5.41) is 2.97. The molecule has 0 aromatic heterocycles. The van der Waals surface area contributed by atoms with Gasteiger partial charge in [0.2, 0.25) is 5.91 Å². The van der Waals surface area contributed by atoms with Gasteiger partial charge >= 0.3 is 0 Å². The maximum atomic E-state index is 13.8. The van der Waals surface area contributed by atoms with Gasteiger partial charge in [-0.3, -0.25) is 4.79 Å². The highest BCUT2D eigenvalue weighted by atomic mass is 19.1. The van der Waals surface area contributed by atoms with Gasteiger partial charge in [0.1, 0.15) is 5.82 Å². The van der Waals surface area contributed by atoms with Gasteiger partial charge in [-0.1, -0.05) is 6.92 Å².